The van der Waals surface area contributed by atoms with Crippen molar-refractivity contribution in [3.8, 4) is 28.6 Å². The third kappa shape index (κ3) is 6.68. The number of aliphatic carboxylic acids is 1. The summed E-state index contributed by atoms with van der Waals surface area (Å²) in [5.41, 5.74) is -2.54. The molecule has 3 heterocycles. The molecule has 2 fully saturated rings. The number of aliphatic hydroxyl groups excluding tert-OH is 5. The van der Waals surface area contributed by atoms with Gasteiger partial charge in [-0.15, -0.1) is 0 Å². The number of aliphatic hydroxyl groups is 6. The quantitative estimate of drug-likeness (QED) is 0.0682. The van der Waals surface area contributed by atoms with Crippen LogP contribution in [0.25, 0.3) is 22.3 Å². The third-order valence-electron chi connectivity index (χ3n) is 7.40. The summed E-state index contributed by atoms with van der Waals surface area (Å²) in [4.78, 5) is 35.2. The van der Waals surface area contributed by atoms with E-state index in [1.54, 1.807) is 0 Å². The number of carbonyl (C=O) groups is 2. The number of rotatable bonds is 10. The van der Waals surface area contributed by atoms with Crippen LogP contribution in [0, 0.1) is 0 Å². The molecule has 46 heavy (non-hydrogen) atoms. The lowest BCUT2D eigenvalue weighted by Gasteiger charge is -2.42. The van der Waals surface area contributed by atoms with Crippen molar-refractivity contribution in [2.45, 2.75) is 55.1 Å². The molecule has 1 aromatic heterocycles. The van der Waals surface area contributed by atoms with Gasteiger partial charge in [0.25, 0.3) is 0 Å². The maximum atomic E-state index is 12.9. The highest BCUT2D eigenvalue weighted by Crippen LogP contribution is 2.35. The van der Waals surface area contributed by atoms with Gasteiger partial charge in [0, 0.05) is 23.8 Å². The second-order valence-electron chi connectivity index (χ2n) is 10.7. The number of phenols is 1. The zero-order chi connectivity index (χ0) is 33.3. The molecule has 0 unspecified atom stereocenters. The molecule has 0 amide bonds. The average Bonchev–Trinajstić information content (AvgIpc) is 3.29. The Kier molecular flexibility index (Phi) is 9.59. The van der Waals surface area contributed by atoms with E-state index in [1.807, 2.05) is 0 Å². The summed E-state index contributed by atoms with van der Waals surface area (Å²) in [6, 6.07) is 8.91. The molecule has 17 nitrogen and oxygen atoms in total. The fraction of sp³-hybridized carbons (Fsp3) is 0.414. The molecule has 2 aromatic carbocycles. The summed E-state index contributed by atoms with van der Waals surface area (Å²) in [5.74, 6) is -3.03. The van der Waals surface area contributed by atoms with Gasteiger partial charge in [-0.3, -0.25) is 14.4 Å². The highest BCUT2D eigenvalue weighted by molar-refractivity contribution is 5.91. The predicted octanol–water partition coefficient (Wildman–Crippen LogP) is -1.81. The molecule has 2 aliphatic rings. The van der Waals surface area contributed by atoms with E-state index in [2.05, 4.69) is 0 Å². The van der Waals surface area contributed by atoms with E-state index in [9.17, 15) is 50.1 Å². The maximum Gasteiger partial charge on any atom is 0.322 e. The van der Waals surface area contributed by atoms with Crippen LogP contribution in [0.2, 0.25) is 0 Å². The van der Waals surface area contributed by atoms with E-state index in [0.29, 0.717) is 5.56 Å². The molecule has 8 atom stereocenters. The SMILES string of the molecule is O=C(O)CC(=O)Oc1ccc(-c2cc(=O)c3c(O)cc(O[C@@H]4O[C@H](CO)[C@@H](O)[C@H](O)[C@H]4O[C@@H]4OC[C@](O)(CO)[C@H]4O)cc3o2)cc1. The van der Waals surface area contributed by atoms with Crippen LogP contribution in [-0.2, 0) is 23.8 Å². The molecule has 5 rings (SSSR count). The van der Waals surface area contributed by atoms with Gasteiger partial charge in [-0.1, -0.05) is 0 Å². The van der Waals surface area contributed by atoms with E-state index in [1.165, 1.54) is 30.3 Å². The number of ether oxygens (including phenoxy) is 5. The third-order valence-corrected chi connectivity index (χ3v) is 7.40. The first-order valence-electron chi connectivity index (χ1n) is 13.7. The first-order valence-corrected chi connectivity index (χ1v) is 13.7. The van der Waals surface area contributed by atoms with Gasteiger partial charge >= 0.3 is 11.9 Å². The van der Waals surface area contributed by atoms with Crippen molar-refractivity contribution in [1.29, 1.82) is 0 Å². The van der Waals surface area contributed by atoms with Gasteiger partial charge in [0.2, 0.25) is 6.29 Å². The Morgan fingerprint density at radius 1 is 0.978 bits per heavy atom. The minimum absolute atomic E-state index is 0.0233. The summed E-state index contributed by atoms with van der Waals surface area (Å²) in [7, 11) is 0. The van der Waals surface area contributed by atoms with Crippen molar-refractivity contribution >= 4 is 22.9 Å². The van der Waals surface area contributed by atoms with Gasteiger partial charge in [0.15, 0.2) is 17.8 Å². The Hall–Kier alpha value is -4.17. The standard InChI is InChI=1S/C29H30O17/c30-9-19-23(37)24(38)25(46-28-26(39)29(40,10-31)11-41-28)27(45-19)43-14-5-15(32)22-16(33)7-17(44-18(22)6-14)12-1-3-13(4-2-12)42-21(36)8-20(34)35/h1-7,19,23-28,30-32,37-40H,8-11H2,(H,34,35)/t19-,23-,24+,25-,26+,27-,28+,29-/m1/s1. The Morgan fingerprint density at radius 3 is 2.33 bits per heavy atom. The minimum atomic E-state index is -2.07. The monoisotopic (exact) mass is 650 g/mol. The molecule has 248 valence electrons. The molecule has 3 aromatic rings. The van der Waals surface area contributed by atoms with Gasteiger partial charge in [-0.2, -0.15) is 0 Å². The van der Waals surface area contributed by atoms with Crippen LogP contribution < -0.4 is 14.9 Å². The van der Waals surface area contributed by atoms with Gasteiger partial charge in [0.05, 0.1) is 19.8 Å². The molecule has 0 bridgehead atoms. The smallest absolute Gasteiger partial charge is 0.322 e. The highest BCUT2D eigenvalue weighted by Gasteiger charge is 2.53. The number of carboxylic acid groups (broad SMARTS) is 1. The number of fused-ring (bicyclic) bond motifs is 1. The van der Waals surface area contributed by atoms with E-state index in [0.717, 1.165) is 12.1 Å². The second-order valence-corrected chi connectivity index (χ2v) is 10.7. The van der Waals surface area contributed by atoms with Crippen LogP contribution in [0.3, 0.4) is 0 Å². The molecule has 2 saturated heterocycles. The van der Waals surface area contributed by atoms with Crippen LogP contribution in [-0.4, -0.2) is 121 Å². The van der Waals surface area contributed by atoms with Gasteiger partial charge < -0.3 is 69.0 Å². The zero-order valence-corrected chi connectivity index (χ0v) is 23.7. The number of carboxylic acids is 1. The number of esters is 1. The molecule has 17 heteroatoms. The van der Waals surface area contributed by atoms with Crippen molar-refractivity contribution in [2.24, 2.45) is 0 Å². The summed E-state index contributed by atoms with van der Waals surface area (Å²) in [5, 5.41) is 80.2. The maximum absolute atomic E-state index is 12.9. The molecular weight excluding hydrogens is 620 g/mol. The summed E-state index contributed by atoms with van der Waals surface area (Å²) < 4.78 is 33.0. The van der Waals surface area contributed by atoms with Crippen LogP contribution in [0.1, 0.15) is 6.42 Å². The molecule has 0 aliphatic carbocycles. The lowest BCUT2D eigenvalue weighted by Crippen LogP contribution is -2.62. The van der Waals surface area contributed by atoms with Gasteiger partial charge in [0.1, 0.15) is 70.4 Å². The first kappa shape index (κ1) is 33.2. The Morgan fingerprint density at radius 2 is 1.70 bits per heavy atom. The number of hydrogen-bond acceptors (Lipinski definition) is 16. The summed E-state index contributed by atoms with van der Waals surface area (Å²) >= 11 is 0. The second kappa shape index (κ2) is 13.3. The Bertz CT molecular complexity index is 1640. The van der Waals surface area contributed by atoms with Crippen LogP contribution in [0.4, 0.5) is 0 Å². The number of hydrogen-bond donors (Lipinski definition) is 8. The van der Waals surface area contributed by atoms with Crippen LogP contribution >= 0.6 is 0 Å². The predicted molar refractivity (Wildman–Crippen MR) is 149 cm³/mol. The molecule has 0 saturated carbocycles. The molecule has 0 spiro atoms. The summed E-state index contributed by atoms with van der Waals surface area (Å²) in [6.07, 6.45) is -12.3. The van der Waals surface area contributed by atoms with Crippen molar-refractivity contribution in [2.75, 3.05) is 19.8 Å². The van der Waals surface area contributed by atoms with E-state index < -0.39 is 98.1 Å². The van der Waals surface area contributed by atoms with Crippen molar-refractivity contribution in [3.05, 3.63) is 52.7 Å². The minimum Gasteiger partial charge on any atom is -0.507 e. The molecule has 0 radical (unpaired) electrons. The zero-order valence-electron chi connectivity index (χ0n) is 23.7. The topological polar surface area (TPSA) is 272 Å². The largest absolute Gasteiger partial charge is 0.507 e. The lowest BCUT2D eigenvalue weighted by atomic mass is 9.98. The van der Waals surface area contributed by atoms with Crippen LogP contribution in [0.15, 0.2) is 51.7 Å². The Balaban J connectivity index is 1.42. The normalized spacial score (nSPS) is 29.5. The molecular formula is C29H30O17. The fourth-order valence-electron chi connectivity index (χ4n) is 4.93. The molecule has 8 N–H and O–H groups in total. The lowest BCUT2D eigenvalue weighted by molar-refractivity contribution is -0.318. The number of carbonyl (C=O) groups excluding carboxylic acids is 1. The van der Waals surface area contributed by atoms with Crippen molar-refractivity contribution < 1.29 is 78.5 Å². The Labute approximate surface area is 257 Å². The molecule has 2 aliphatic heterocycles. The first-order chi connectivity index (χ1) is 21.8. The number of aromatic hydroxyl groups is 1. The number of phenolic OH excluding ortho intramolecular Hbond substituents is 1. The van der Waals surface area contributed by atoms with Gasteiger partial charge in [-0.25, -0.2) is 0 Å². The van der Waals surface area contributed by atoms with Crippen molar-refractivity contribution in [1.82, 2.24) is 0 Å². The fourth-order valence-corrected chi connectivity index (χ4v) is 4.93. The van der Waals surface area contributed by atoms with Crippen molar-refractivity contribution in [3.63, 3.8) is 0 Å². The van der Waals surface area contributed by atoms with E-state index >= 15 is 0 Å². The number of benzene rings is 2. The van der Waals surface area contributed by atoms with E-state index in [4.69, 9.17) is 33.2 Å². The summed E-state index contributed by atoms with van der Waals surface area (Å²) in [6.45, 7) is -2.15. The van der Waals surface area contributed by atoms with E-state index in [-0.39, 0.29) is 28.2 Å². The average molecular weight is 651 g/mol. The van der Waals surface area contributed by atoms with Crippen LogP contribution in [0.5, 0.6) is 17.2 Å². The van der Waals surface area contributed by atoms with Gasteiger partial charge in [-0.05, 0) is 24.3 Å². The highest BCUT2D eigenvalue weighted by atomic mass is 16.8.